The van der Waals surface area contributed by atoms with Gasteiger partial charge in [-0.3, -0.25) is 0 Å². The summed E-state index contributed by atoms with van der Waals surface area (Å²) in [4.78, 5) is 0. The molecule has 3 heteroatoms. The molecule has 0 saturated heterocycles. The van der Waals surface area contributed by atoms with Gasteiger partial charge in [-0.1, -0.05) is 0 Å². The van der Waals surface area contributed by atoms with Gasteiger partial charge in [0.2, 0.25) is 0 Å². The van der Waals surface area contributed by atoms with Crippen LogP contribution in [0.15, 0.2) is 155 Å². The van der Waals surface area contributed by atoms with E-state index < -0.39 is 0 Å². The molecule has 0 aliphatic rings. The molecule has 0 saturated carbocycles. The van der Waals surface area contributed by atoms with Gasteiger partial charge in [0, 0.05) is 0 Å². The van der Waals surface area contributed by atoms with Crippen LogP contribution in [0.25, 0.3) is 107 Å². The predicted molar refractivity (Wildman–Crippen MR) is 235 cm³/mol. The summed E-state index contributed by atoms with van der Waals surface area (Å²) in [5.41, 5.74) is 13.4. The average Bonchev–Trinajstić information content (AvgIpc) is 3.93. The van der Waals surface area contributed by atoms with Crippen LogP contribution in [0, 0.1) is 13.8 Å². The zero-order valence-corrected chi connectivity index (χ0v) is 32.6. The molecule has 0 amide bonds. The van der Waals surface area contributed by atoms with Crippen LogP contribution >= 0.6 is 22.7 Å². The van der Waals surface area contributed by atoms with E-state index in [9.17, 15) is 0 Å². The van der Waals surface area contributed by atoms with Crippen molar-refractivity contribution in [2.24, 2.45) is 0 Å². The molecule has 0 unspecified atom stereocenters. The van der Waals surface area contributed by atoms with Gasteiger partial charge in [-0.25, -0.2) is 0 Å². The third-order valence-corrected chi connectivity index (χ3v) is 15.2. The Balaban J connectivity index is 1.19. The molecule has 0 bridgehead atoms. The minimum absolute atomic E-state index is 0.190. The van der Waals surface area contributed by atoms with E-state index in [-0.39, 0.29) is 14.5 Å². The molecule has 0 radical (unpaired) electrons. The van der Waals surface area contributed by atoms with Gasteiger partial charge in [0.05, 0.1) is 0 Å². The summed E-state index contributed by atoms with van der Waals surface area (Å²) < 4.78 is 2.92. The van der Waals surface area contributed by atoms with Crippen LogP contribution in [-0.2, 0) is 0 Å². The Morgan fingerprint density at radius 2 is 0.792 bits per heavy atom. The number of rotatable bonds is 4. The SMILES string of the molecule is Cc1cscc1-c1c2ccccc2c(-c2ccc3c(c2)[se]c2cccc(-c4c5ccccc5c(-c5cscc5C)c5ccccc45)c23)c2ccccc12. The van der Waals surface area contributed by atoms with Crippen LogP contribution in [0.1, 0.15) is 11.1 Å². The van der Waals surface area contributed by atoms with Crippen LogP contribution in [-0.4, -0.2) is 14.5 Å². The number of thiophene rings is 2. The third kappa shape index (κ3) is 4.65. The van der Waals surface area contributed by atoms with E-state index in [1.165, 1.54) is 118 Å². The summed E-state index contributed by atoms with van der Waals surface area (Å²) in [5.74, 6) is 0. The Morgan fingerprint density at radius 1 is 0.358 bits per heavy atom. The van der Waals surface area contributed by atoms with E-state index in [2.05, 4.69) is 169 Å². The molecule has 0 aliphatic carbocycles. The Kier molecular flexibility index (Phi) is 7.16. The van der Waals surface area contributed by atoms with Crippen LogP contribution in [0.3, 0.4) is 0 Å². The molecule has 0 aliphatic heterocycles. The Labute approximate surface area is 322 Å². The zero-order chi connectivity index (χ0) is 35.2. The quantitative estimate of drug-likeness (QED) is 0.123. The Bertz CT molecular complexity index is 3150. The Morgan fingerprint density at radius 3 is 1.23 bits per heavy atom. The van der Waals surface area contributed by atoms with Crippen LogP contribution < -0.4 is 0 Å². The summed E-state index contributed by atoms with van der Waals surface area (Å²) >= 11 is 3.77. The van der Waals surface area contributed by atoms with E-state index in [4.69, 9.17) is 0 Å². The molecule has 11 aromatic rings. The monoisotopic (exact) mass is 776 g/mol. The first kappa shape index (κ1) is 31.3. The maximum atomic E-state index is 2.52. The van der Waals surface area contributed by atoms with E-state index in [1.807, 2.05) is 0 Å². The molecule has 0 atom stereocenters. The predicted octanol–water partition coefficient (Wildman–Crippen LogP) is 15.1. The van der Waals surface area contributed by atoms with Gasteiger partial charge in [-0.15, -0.1) is 0 Å². The molecule has 0 fully saturated rings. The van der Waals surface area contributed by atoms with Crippen molar-refractivity contribution in [3.63, 3.8) is 0 Å². The van der Waals surface area contributed by atoms with E-state index >= 15 is 0 Å². The van der Waals surface area contributed by atoms with Gasteiger partial charge in [0.25, 0.3) is 0 Å². The molecule has 11 rings (SSSR count). The van der Waals surface area contributed by atoms with Crippen molar-refractivity contribution in [2.75, 3.05) is 0 Å². The van der Waals surface area contributed by atoms with Crippen molar-refractivity contribution in [1.82, 2.24) is 0 Å². The molecule has 53 heavy (non-hydrogen) atoms. The first-order valence-electron chi connectivity index (χ1n) is 18.0. The van der Waals surface area contributed by atoms with Crippen LogP contribution in [0.4, 0.5) is 0 Å². The molecular formula is C50H32S2Se. The third-order valence-electron chi connectivity index (χ3n) is 11.2. The summed E-state index contributed by atoms with van der Waals surface area (Å²) in [6.45, 7) is 4.48. The van der Waals surface area contributed by atoms with Crippen LogP contribution in [0.2, 0.25) is 0 Å². The second kappa shape index (κ2) is 12.1. The van der Waals surface area contributed by atoms with Crippen LogP contribution in [0.5, 0.6) is 0 Å². The molecule has 250 valence electrons. The Hall–Kier alpha value is -5.28. The summed E-state index contributed by atoms with van der Waals surface area (Å²) in [7, 11) is 0. The van der Waals surface area contributed by atoms with Crippen molar-refractivity contribution in [1.29, 1.82) is 0 Å². The van der Waals surface area contributed by atoms with Gasteiger partial charge < -0.3 is 0 Å². The number of hydrogen-bond donors (Lipinski definition) is 0. The zero-order valence-electron chi connectivity index (χ0n) is 29.2. The van der Waals surface area contributed by atoms with E-state index in [0.29, 0.717) is 0 Å². The molecule has 0 N–H and O–H groups in total. The fraction of sp³-hybridized carbons (Fsp3) is 0.0400. The first-order chi connectivity index (χ1) is 26.2. The molecule has 3 heterocycles. The standard InChI is InChI=1S/C50H32S2Se/c1-29-25-51-27-42(29)48-34-14-5-3-12-32(34)46(33-13-4-6-15-35(33)48)31-22-23-40-45(24-31)53-44-21-11-20-41(50(40)44)47-36-16-7-9-18-38(36)49(43-28-52-26-30(43)2)39-19-10-8-17-37(39)47/h3-28H,1-2H3. The second-order valence-electron chi connectivity index (χ2n) is 14.1. The summed E-state index contributed by atoms with van der Waals surface area (Å²) in [6, 6.07) is 50.5. The maximum absolute atomic E-state index is 2.52. The molecular weight excluding hydrogens is 744 g/mol. The van der Waals surface area contributed by atoms with Crippen molar-refractivity contribution < 1.29 is 0 Å². The molecule has 0 spiro atoms. The minimum atomic E-state index is 0.190. The number of benzene rings is 8. The second-order valence-corrected chi connectivity index (χ2v) is 17.9. The first-order valence-corrected chi connectivity index (χ1v) is 21.6. The number of fused-ring (bicyclic) bond motifs is 7. The number of hydrogen-bond acceptors (Lipinski definition) is 2. The topological polar surface area (TPSA) is 0 Å². The van der Waals surface area contributed by atoms with Gasteiger partial charge in [-0.2, -0.15) is 0 Å². The normalized spacial score (nSPS) is 12.0. The fourth-order valence-corrected chi connectivity index (χ4v) is 13.0. The molecule has 3 aromatic heterocycles. The van der Waals surface area contributed by atoms with E-state index in [1.54, 1.807) is 22.7 Å². The fourth-order valence-electron chi connectivity index (χ4n) is 8.86. The van der Waals surface area contributed by atoms with Gasteiger partial charge in [-0.05, 0) is 0 Å². The summed E-state index contributed by atoms with van der Waals surface area (Å²) in [5, 5.41) is 22.5. The van der Waals surface area contributed by atoms with Gasteiger partial charge >= 0.3 is 324 Å². The molecule has 8 aromatic carbocycles. The summed E-state index contributed by atoms with van der Waals surface area (Å²) in [6.07, 6.45) is 0. The molecule has 0 nitrogen and oxygen atoms in total. The van der Waals surface area contributed by atoms with Crippen molar-refractivity contribution in [3.05, 3.63) is 166 Å². The van der Waals surface area contributed by atoms with Crippen molar-refractivity contribution >= 4 is 99.6 Å². The average molecular weight is 776 g/mol. The van der Waals surface area contributed by atoms with Gasteiger partial charge in [0.15, 0.2) is 0 Å². The number of aryl methyl sites for hydroxylation is 2. The van der Waals surface area contributed by atoms with Crippen molar-refractivity contribution in [2.45, 2.75) is 13.8 Å². The van der Waals surface area contributed by atoms with Gasteiger partial charge in [0.1, 0.15) is 0 Å². The van der Waals surface area contributed by atoms with Crippen molar-refractivity contribution in [3.8, 4) is 44.5 Å². The van der Waals surface area contributed by atoms with E-state index in [0.717, 1.165) is 0 Å².